The quantitative estimate of drug-likeness (QED) is 0.809. The number of benzene rings is 1. The molecule has 1 aromatic heterocycles. The number of nitrogens with zero attached hydrogens (tertiary/aromatic N) is 5. The second-order valence-electron chi connectivity index (χ2n) is 7.72. The van der Waals surface area contributed by atoms with Crippen LogP contribution < -0.4 is 0 Å². The molecule has 1 atom stereocenters. The molecule has 1 aromatic carbocycles. The molecular weight excluding hydrogens is 366 g/mol. The molecule has 1 fully saturated rings. The number of aromatic nitrogens is 1. The first-order valence-corrected chi connectivity index (χ1v) is 9.98. The van der Waals surface area contributed by atoms with Crippen LogP contribution in [0, 0.1) is 11.3 Å². The second kappa shape index (κ2) is 8.60. The van der Waals surface area contributed by atoms with Crippen molar-refractivity contribution in [1.82, 2.24) is 19.7 Å². The lowest BCUT2D eigenvalue weighted by Crippen LogP contribution is -2.43. The van der Waals surface area contributed by atoms with Gasteiger partial charge >= 0.3 is 6.03 Å². The van der Waals surface area contributed by atoms with Gasteiger partial charge in [0, 0.05) is 52.0 Å². The minimum Gasteiger partial charge on any atom is -0.390 e. The molecule has 2 aliphatic rings. The Labute approximate surface area is 170 Å². The van der Waals surface area contributed by atoms with Crippen LogP contribution in [0.25, 0.3) is 0 Å². The first-order chi connectivity index (χ1) is 14.1. The van der Waals surface area contributed by atoms with Gasteiger partial charge in [0.05, 0.1) is 6.10 Å². The van der Waals surface area contributed by atoms with E-state index in [4.69, 9.17) is 5.26 Å². The van der Waals surface area contributed by atoms with E-state index in [2.05, 4.69) is 34.1 Å². The number of carbonyl (C=O) groups excluding carboxylic acids is 1. The Morgan fingerprint density at radius 3 is 2.72 bits per heavy atom. The molecule has 0 spiro atoms. The molecule has 7 nitrogen and oxygen atoms in total. The highest BCUT2D eigenvalue weighted by Gasteiger charge is 2.30. The van der Waals surface area contributed by atoms with Gasteiger partial charge in [-0.25, -0.2) is 9.78 Å². The van der Waals surface area contributed by atoms with Crippen molar-refractivity contribution in [2.24, 2.45) is 0 Å². The van der Waals surface area contributed by atoms with E-state index in [0.29, 0.717) is 38.4 Å². The minimum absolute atomic E-state index is 0.0663. The maximum Gasteiger partial charge on any atom is 0.320 e. The molecule has 1 unspecified atom stereocenters. The summed E-state index contributed by atoms with van der Waals surface area (Å²) in [7, 11) is 0. The molecular formula is C22H25N5O2. The number of nitriles is 1. The Kier molecular flexibility index (Phi) is 5.74. The van der Waals surface area contributed by atoms with Gasteiger partial charge in [-0.15, -0.1) is 0 Å². The average Bonchev–Trinajstić information content (AvgIpc) is 3.07. The van der Waals surface area contributed by atoms with Gasteiger partial charge in [0.25, 0.3) is 0 Å². The molecule has 1 N–H and O–H groups in total. The molecule has 2 amide bonds. The monoisotopic (exact) mass is 391 g/mol. The first-order valence-electron chi connectivity index (χ1n) is 9.98. The molecule has 0 saturated carbocycles. The Morgan fingerprint density at radius 1 is 1.10 bits per heavy atom. The van der Waals surface area contributed by atoms with Crippen molar-refractivity contribution >= 4 is 6.03 Å². The number of urea groups is 1. The standard InChI is InChI=1S/C22H25N5O2/c23-12-20-11-17(5-7-24-20)13-26-9-10-27(22(26)29)16-21(28)15-25-8-6-18-3-1-2-4-19(18)14-25/h1-5,7,11,21,28H,6,8-10,13-16H2. The smallest absolute Gasteiger partial charge is 0.320 e. The highest BCUT2D eigenvalue weighted by molar-refractivity contribution is 5.76. The van der Waals surface area contributed by atoms with E-state index in [9.17, 15) is 9.90 Å². The molecule has 2 aliphatic heterocycles. The van der Waals surface area contributed by atoms with Crippen molar-refractivity contribution in [2.75, 3.05) is 32.7 Å². The van der Waals surface area contributed by atoms with E-state index >= 15 is 0 Å². The van der Waals surface area contributed by atoms with Crippen molar-refractivity contribution in [3.8, 4) is 6.07 Å². The number of β-amino-alcohol motifs (C(OH)–C–C–N with tert-alkyl or cyclic N) is 1. The van der Waals surface area contributed by atoms with E-state index in [0.717, 1.165) is 25.1 Å². The second-order valence-corrected chi connectivity index (χ2v) is 7.72. The average molecular weight is 391 g/mol. The normalized spacial score (nSPS) is 17.9. The fourth-order valence-electron chi connectivity index (χ4n) is 4.12. The largest absolute Gasteiger partial charge is 0.390 e. The van der Waals surface area contributed by atoms with Crippen molar-refractivity contribution in [3.63, 3.8) is 0 Å². The van der Waals surface area contributed by atoms with E-state index < -0.39 is 6.10 Å². The number of fused-ring (bicyclic) bond motifs is 1. The Hall–Kier alpha value is -2.95. The lowest BCUT2D eigenvalue weighted by molar-refractivity contribution is 0.0812. The zero-order chi connectivity index (χ0) is 20.2. The molecule has 0 radical (unpaired) electrons. The minimum atomic E-state index is -0.574. The Balaban J connectivity index is 1.29. The number of hydrogen-bond donors (Lipinski definition) is 1. The van der Waals surface area contributed by atoms with Gasteiger partial charge in [-0.3, -0.25) is 4.90 Å². The molecule has 4 rings (SSSR count). The van der Waals surface area contributed by atoms with Gasteiger partial charge in [-0.1, -0.05) is 24.3 Å². The number of aliphatic hydroxyl groups excluding tert-OH is 1. The van der Waals surface area contributed by atoms with Gasteiger partial charge in [-0.05, 0) is 35.2 Å². The third kappa shape index (κ3) is 4.56. The summed E-state index contributed by atoms with van der Waals surface area (Å²) in [4.78, 5) is 22.4. The predicted octanol–water partition coefficient (Wildman–Crippen LogP) is 1.61. The van der Waals surface area contributed by atoms with E-state index in [1.54, 1.807) is 22.1 Å². The highest BCUT2D eigenvalue weighted by Crippen LogP contribution is 2.19. The SMILES string of the molecule is N#Cc1cc(CN2CCN(CC(O)CN3CCc4ccccc4C3)C2=O)ccn1. The van der Waals surface area contributed by atoms with Crippen molar-refractivity contribution < 1.29 is 9.90 Å². The summed E-state index contributed by atoms with van der Waals surface area (Å²) in [5, 5.41) is 19.5. The van der Waals surface area contributed by atoms with Crippen LogP contribution in [-0.4, -0.2) is 69.6 Å². The summed E-state index contributed by atoms with van der Waals surface area (Å²) in [6.45, 7) is 4.35. The number of carbonyl (C=O) groups is 1. The summed E-state index contributed by atoms with van der Waals surface area (Å²) in [6, 6.07) is 13.9. The fraction of sp³-hybridized carbons (Fsp3) is 0.409. The summed E-state index contributed by atoms with van der Waals surface area (Å²) in [5.41, 5.74) is 3.95. The maximum absolute atomic E-state index is 12.7. The molecule has 2 aromatic rings. The van der Waals surface area contributed by atoms with Crippen LogP contribution in [0.3, 0.4) is 0 Å². The van der Waals surface area contributed by atoms with Crippen LogP contribution in [0.15, 0.2) is 42.6 Å². The van der Waals surface area contributed by atoms with Crippen LogP contribution in [-0.2, 0) is 19.5 Å². The third-order valence-corrected chi connectivity index (χ3v) is 5.60. The number of pyridine rings is 1. The first kappa shape index (κ1) is 19.4. The van der Waals surface area contributed by atoms with Crippen LogP contribution in [0.2, 0.25) is 0 Å². The topological polar surface area (TPSA) is 83.7 Å². The van der Waals surface area contributed by atoms with E-state index in [-0.39, 0.29) is 6.03 Å². The van der Waals surface area contributed by atoms with Crippen LogP contribution in [0.4, 0.5) is 4.79 Å². The zero-order valence-electron chi connectivity index (χ0n) is 16.4. The van der Waals surface area contributed by atoms with Gasteiger partial charge in [0.15, 0.2) is 0 Å². The Bertz CT molecular complexity index is 925. The highest BCUT2D eigenvalue weighted by atomic mass is 16.3. The Morgan fingerprint density at radius 2 is 1.90 bits per heavy atom. The molecule has 1 saturated heterocycles. The van der Waals surface area contributed by atoms with Crippen LogP contribution in [0.5, 0.6) is 0 Å². The molecule has 0 aliphatic carbocycles. The van der Waals surface area contributed by atoms with Crippen LogP contribution >= 0.6 is 0 Å². The lowest BCUT2D eigenvalue weighted by Gasteiger charge is -2.31. The van der Waals surface area contributed by atoms with Gasteiger partial charge in [-0.2, -0.15) is 5.26 Å². The maximum atomic E-state index is 12.7. The third-order valence-electron chi connectivity index (χ3n) is 5.60. The molecule has 150 valence electrons. The molecule has 7 heteroatoms. The van der Waals surface area contributed by atoms with Gasteiger partial charge < -0.3 is 14.9 Å². The fourth-order valence-corrected chi connectivity index (χ4v) is 4.12. The van der Waals surface area contributed by atoms with E-state index in [1.165, 1.54) is 11.1 Å². The number of aliphatic hydroxyl groups is 1. The summed E-state index contributed by atoms with van der Waals surface area (Å²) in [6.07, 6.45) is 2.01. The van der Waals surface area contributed by atoms with Crippen molar-refractivity contribution in [3.05, 3.63) is 65.0 Å². The van der Waals surface area contributed by atoms with Gasteiger partial charge in [0.1, 0.15) is 11.8 Å². The summed E-state index contributed by atoms with van der Waals surface area (Å²) < 4.78 is 0. The van der Waals surface area contributed by atoms with Gasteiger partial charge in [0.2, 0.25) is 0 Å². The molecule has 29 heavy (non-hydrogen) atoms. The summed E-state index contributed by atoms with van der Waals surface area (Å²) in [5.74, 6) is 0. The molecule has 3 heterocycles. The molecule has 0 bridgehead atoms. The number of rotatable bonds is 6. The number of amides is 2. The van der Waals surface area contributed by atoms with Crippen molar-refractivity contribution in [2.45, 2.75) is 25.6 Å². The van der Waals surface area contributed by atoms with Crippen molar-refractivity contribution in [1.29, 1.82) is 5.26 Å². The van der Waals surface area contributed by atoms with Crippen LogP contribution in [0.1, 0.15) is 22.4 Å². The predicted molar refractivity (Wildman–Crippen MR) is 108 cm³/mol. The number of hydrogen-bond acceptors (Lipinski definition) is 5. The zero-order valence-corrected chi connectivity index (χ0v) is 16.4. The summed E-state index contributed by atoms with van der Waals surface area (Å²) >= 11 is 0. The lowest BCUT2D eigenvalue weighted by atomic mass is 10.00. The van der Waals surface area contributed by atoms with E-state index in [1.807, 2.05) is 12.1 Å².